The van der Waals surface area contributed by atoms with Gasteiger partial charge in [0.15, 0.2) is 0 Å². The first-order valence-electron chi connectivity index (χ1n) is 12.5. The smallest absolute Gasteiger partial charge is 0.352 e. The van der Waals surface area contributed by atoms with E-state index < -0.39 is 28.8 Å². The van der Waals surface area contributed by atoms with Gasteiger partial charge in [0, 0.05) is 30.9 Å². The second kappa shape index (κ2) is 9.46. The highest BCUT2D eigenvalue weighted by Gasteiger charge is 2.77. The van der Waals surface area contributed by atoms with Crippen LogP contribution in [0.1, 0.15) is 30.9 Å². The molecule has 3 aliphatic rings. The molecule has 3 heterocycles. The number of benzene rings is 2. The Morgan fingerprint density at radius 2 is 1.89 bits per heavy atom. The van der Waals surface area contributed by atoms with Crippen LogP contribution < -0.4 is 11.1 Å². The zero-order chi connectivity index (χ0) is 25.7. The number of carboxylic acid groups (broad SMARTS) is 1. The SMILES string of the molecule is C[C@@H]1C(CO)=C(C(=O)O)N2C(=O)[C@@](CCO)(S[C@H]3CCNC3)C12Cc1ccc(CN)c2ccccc12. The second-order valence-corrected chi connectivity index (χ2v) is 11.6. The first-order chi connectivity index (χ1) is 17.4. The van der Waals surface area contributed by atoms with Gasteiger partial charge in [0.2, 0.25) is 5.91 Å². The number of carbonyl (C=O) groups excluding carboxylic acids is 1. The van der Waals surface area contributed by atoms with Crippen LogP contribution in [0.5, 0.6) is 0 Å². The largest absolute Gasteiger partial charge is 0.477 e. The number of fused-ring (bicyclic) bond motifs is 2. The van der Waals surface area contributed by atoms with Gasteiger partial charge < -0.3 is 26.4 Å². The van der Waals surface area contributed by atoms with Gasteiger partial charge in [0.1, 0.15) is 10.4 Å². The quantitative estimate of drug-likeness (QED) is 0.321. The molecule has 1 amide bonds. The van der Waals surface area contributed by atoms with Crippen molar-refractivity contribution in [2.45, 2.75) is 48.3 Å². The van der Waals surface area contributed by atoms with Crippen molar-refractivity contribution in [3.8, 4) is 0 Å². The van der Waals surface area contributed by atoms with E-state index >= 15 is 0 Å². The van der Waals surface area contributed by atoms with Crippen LogP contribution >= 0.6 is 11.8 Å². The molecule has 2 aromatic carbocycles. The van der Waals surface area contributed by atoms with E-state index in [0.717, 1.165) is 41.4 Å². The van der Waals surface area contributed by atoms with E-state index in [1.165, 1.54) is 4.90 Å². The van der Waals surface area contributed by atoms with Gasteiger partial charge in [0.05, 0.1) is 12.1 Å². The molecule has 2 fully saturated rings. The van der Waals surface area contributed by atoms with E-state index in [2.05, 4.69) is 5.32 Å². The molecule has 0 bridgehead atoms. The lowest BCUT2D eigenvalue weighted by Gasteiger charge is -2.64. The van der Waals surface area contributed by atoms with E-state index in [1.807, 2.05) is 43.3 Å². The zero-order valence-corrected chi connectivity index (χ0v) is 21.2. The molecule has 0 spiro atoms. The van der Waals surface area contributed by atoms with E-state index in [9.17, 15) is 24.9 Å². The highest BCUT2D eigenvalue weighted by Crippen LogP contribution is 2.65. The standard InChI is InChI=1S/C27H33N3O5S/c1-16-22(15-32)23(24(33)34)30-25(35)27(9-11-31,36-19-8-10-29-14-19)26(16,30)12-17-6-7-18(13-28)21-5-3-2-4-20(17)21/h2-7,16,19,29,31-32H,8-15,28H2,1H3,(H,33,34)/t16-,19+,26?,27-/m1/s1. The third-order valence-corrected chi connectivity index (χ3v) is 10.3. The predicted molar refractivity (Wildman–Crippen MR) is 139 cm³/mol. The van der Waals surface area contributed by atoms with Gasteiger partial charge in [-0.1, -0.05) is 43.3 Å². The number of aliphatic hydroxyl groups excluding tert-OH is 2. The highest BCUT2D eigenvalue weighted by atomic mass is 32.2. The van der Waals surface area contributed by atoms with Gasteiger partial charge in [-0.2, -0.15) is 0 Å². The van der Waals surface area contributed by atoms with Gasteiger partial charge in [-0.3, -0.25) is 9.69 Å². The Kier molecular flexibility index (Phi) is 6.63. The van der Waals surface area contributed by atoms with Gasteiger partial charge in [-0.05, 0) is 53.3 Å². The van der Waals surface area contributed by atoms with Crippen LogP contribution in [-0.2, 0) is 22.6 Å². The summed E-state index contributed by atoms with van der Waals surface area (Å²) in [6.45, 7) is 3.30. The number of hydrogen-bond donors (Lipinski definition) is 5. The zero-order valence-electron chi connectivity index (χ0n) is 20.4. The molecule has 192 valence electrons. The molecule has 3 aliphatic heterocycles. The first kappa shape index (κ1) is 25.2. The fraction of sp³-hybridized carbons (Fsp3) is 0.481. The average Bonchev–Trinajstić information content (AvgIpc) is 3.47. The maximum Gasteiger partial charge on any atom is 0.352 e. The van der Waals surface area contributed by atoms with Crippen molar-refractivity contribution in [2.24, 2.45) is 11.7 Å². The minimum atomic E-state index is -1.21. The van der Waals surface area contributed by atoms with Gasteiger partial charge in [-0.25, -0.2) is 4.79 Å². The number of nitrogens with zero attached hydrogens (tertiary/aromatic N) is 1. The number of hydrogen-bond acceptors (Lipinski definition) is 7. The Morgan fingerprint density at radius 1 is 1.19 bits per heavy atom. The normalized spacial score (nSPS) is 29.7. The summed E-state index contributed by atoms with van der Waals surface area (Å²) in [6.07, 6.45) is 1.52. The van der Waals surface area contributed by atoms with Crippen molar-refractivity contribution in [2.75, 3.05) is 26.3 Å². The third-order valence-electron chi connectivity index (χ3n) is 8.42. The van der Waals surface area contributed by atoms with Crippen LogP contribution in [0.3, 0.4) is 0 Å². The number of nitrogens with two attached hydrogens (primary N) is 1. The van der Waals surface area contributed by atoms with Gasteiger partial charge in [-0.15, -0.1) is 11.8 Å². The summed E-state index contributed by atoms with van der Waals surface area (Å²) in [4.78, 5) is 27.8. The Labute approximate surface area is 214 Å². The lowest BCUT2D eigenvalue weighted by atomic mass is 9.61. The summed E-state index contributed by atoms with van der Waals surface area (Å²) in [6, 6.07) is 12.0. The molecular weight excluding hydrogens is 478 g/mol. The molecule has 8 nitrogen and oxygen atoms in total. The monoisotopic (exact) mass is 511 g/mol. The fourth-order valence-corrected chi connectivity index (χ4v) is 8.68. The lowest BCUT2D eigenvalue weighted by molar-refractivity contribution is -0.166. The molecule has 0 aromatic heterocycles. The molecule has 9 heteroatoms. The summed E-state index contributed by atoms with van der Waals surface area (Å²) in [5.41, 5.74) is 7.32. The van der Waals surface area contributed by atoms with Crippen LogP contribution in [0.25, 0.3) is 10.8 Å². The number of thioether (sulfide) groups is 1. The van der Waals surface area contributed by atoms with Crippen molar-refractivity contribution in [3.05, 3.63) is 58.8 Å². The van der Waals surface area contributed by atoms with Crippen molar-refractivity contribution in [1.82, 2.24) is 10.2 Å². The first-order valence-corrected chi connectivity index (χ1v) is 13.3. The van der Waals surface area contributed by atoms with Gasteiger partial charge >= 0.3 is 5.97 Å². The lowest BCUT2D eigenvalue weighted by Crippen LogP contribution is -2.82. The predicted octanol–water partition coefficient (Wildman–Crippen LogP) is 1.62. The van der Waals surface area contributed by atoms with Crippen LogP contribution in [0.2, 0.25) is 0 Å². The van der Waals surface area contributed by atoms with Crippen LogP contribution in [0.4, 0.5) is 0 Å². The van der Waals surface area contributed by atoms with E-state index in [4.69, 9.17) is 5.73 Å². The summed E-state index contributed by atoms with van der Waals surface area (Å²) in [5.74, 6) is -1.91. The molecule has 5 rings (SSSR count). The number of aliphatic carboxylic acids is 1. The molecule has 2 saturated heterocycles. The number of carboxylic acids is 1. The van der Waals surface area contributed by atoms with E-state index in [-0.39, 0.29) is 29.9 Å². The summed E-state index contributed by atoms with van der Waals surface area (Å²) < 4.78 is -1.01. The molecule has 0 saturated carbocycles. The van der Waals surface area contributed by atoms with E-state index in [0.29, 0.717) is 18.5 Å². The number of rotatable bonds is 9. The van der Waals surface area contributed by atoms with E-state index in [1.54, 1.807) is 11.8 Å². The highest BCUT2D eigenvalue weighted by molar-refractivity contribution is 8.02. The molecular formula is C27H33N3O5S. The molecule has 0 aliphatic carbocycles. The number of amides is 1. The minimum Gasteiger partial charge on any atom is -0.477 e. The third kappa shape index (κ3) is 3.37. The topological polar surface area (TPSA) is 136 Å². The Balaban J connectivity index is 1.71. The Bertz CT molecular complexity index is 1240. The van der Waals surface area contributed by atoms with Crippen LogP contribution in [-0.4, -0.2) is 73.9 Å². The second-order valence-electron chi connectivity index (χ2n) is 9.97. The average molecular weight is 512 g/mol. The summed E-state index contributed by atoms with van der Waals surface area (Å²) in [7, 11) is 0. The minimum absolute atomic E-state index is 0.114. The fourth-order valence-electron chi connectivity index (χ4n) is 6.73. The molecule has 0 radical (unpaired) electrons. The molecule has 36 heavy (non-hydrogen) atoms. The number of carbonyl (C=O) groups is 2. The molecule has 4 atom stereocenters. The van der Waals surface area contributed by atoms with Gasteiger partial charge in [0.25, 0.3) is 0 Å². The summed E-state index contributed by atoms with van der Waals surface area (Å²) in [5, 5.41) is 36.2. The maximum atomic E-state index is 14.0. The van der Waals surface area contributed by atoms with Crippen molar-refractivity contribution < 1.29 is 24.9 Å². The van der Waals surface area contributed by atoms with Crippen molar-refractivity contribution in [3.63, 3.8) is 0 Å². The molecule has 1 unspecified atom stereocenters. The maximum absolute atomic E-state index is 14.0. The number of nitrogens with one attached hydrogen (secondary N) is 1. The number of β-lactam (4-membered cyclic amide) rings is 1. The van der Waals surface area contributed by atoms with Crippen molar-refractivity contribution in [1.29, 1.82) is 0 Å². The Morgan fingerprint density at radius 3 is 2.47 bits per heavy atom. The Hall–Kier alpha value is -2.43. The summed E-state index contributed by atoms with van der Waals surface area (Å²) >= 11 is 1.58. The number of aliphatic hydroxyl groups is 2. The molecule has 2 aromatic rings. The van der Waals surface area contributed by atoms with Crippen molar-refractivity contribution >= 4 is 34.4 Å². The van der Waals surface area contributed by atoms with Crippen LogP contribution in [0, 0.1) is 5.92 Å². The van der Waals surface area contributed by atoms with Crippen LogP contribution in [0.15, 0.2) is 47.7 Å². The molecule has 6 N–H and O–H groups in total.